The summed E-state index contributed by atoms with van der Waals surface area (Å²) in [5.41, 5.74) is 0. The quantitative estimate of drug-likeness (QED) is 0.522. The van der Waals surface area contributed by atoms with Crippen molar-refractivity contribution in [1.82, 2.24) is 0 Å². The van der Waals surface area contributed by atoms with Gasteiger partial charge in [-0.3, -0.25) is 0 Å². The van der Waals surface area contributed by atoms with Crippen LogP contribution in [-0.2, 0) is 0 Å². The van der Waals surface area contributed by atoms with Crippen LogP contribution in [0.2, 0.25) is 0 Å². The standard InChI is InChI=1S/C12H25/c1-5-7-9-12(4)10-11(3)8-6-2/h12H,5-10H2,1-4H3. The average molecular weight is 169 g/mol. The average Bonchev–Trinajstić information content (AvgIpc) is 2.01. The lowest BCUT2D eigenvalue weighted by Gasteiger charge is -2.15. The topological polar surface area (TPSA) is 0 Å². The fourth-order valence-corrected chi connectivity index (χ4v) is 1.78. The summed E-state index contributed by atoms with van der Waals surface area (Å²) in [7, 11) is 0. The van der Waals surface area contributed by atoms with Crippen molar-refractivity contribution in [2.24, 2.45) is 5.92 Å². The summed E-state index contributed by atoms with van der Waals surface area (Å²) in [6.45, 7) is 9.23. The van der Waals surface area contributed by atoms with Gasteiger partial charge < -0.3 is 0 Å². The molecule has 1 unspecified atom stereocenters. The molecule has 1 radical (unpaired) electrons. The Morgan fingerprint density at radius 1 is 1.17 bits per heavy atom. The van der Waals surface area contributed by atoms with Crippen molar-refractivity contribution in [3.63, 3.8) is 0 Å². The van der Waals surface area contributed by atoms with Crippen LogP contribution in [0.4, 0.5) is 0 Å². The van der Waals surface area contributed by atoms with Gasteiger partial charge in [-0.15, -0.1) is 0 Å². The molecule has 0 heterocycles. The van der Waals surface area contributed by atoms with Crippen molar-refractivity contribution in [3.05, 3.63) is 5.92 Å². The maximum absolute atomic E-state index is 2.38. The number of unbranched alkanes of at least 4 members (excludes halogenated alkanes) is 1. The van der Waals surface area contributed by atoms with Crippen LogP contribution in [0.3, 0.4) is 0 Å². The zero-order valence-electron chi connectivity index (χ0n) is 9.32. The maximum atomic E-state index is 2.38. The molecule has 0 spiro atoms. The first kappa shape index (κ1) is 12.0. The molecule has 0 saturated carbocycles. The Morgan fingerprint density at radius 3 is 2.33 bits per heavy atom. The molecular formula is C12H25. The van der Waals surface area contributed by atoms with E-state index < -0.39 is 0 Å². The Balaban J connectivity index is 3.33. The third-order valence-corrected chi connectivity index (χ3v) is 2.42. The zero-order valence-corrected chi connectivity index (χ0v) is 9.32. The van der Waals surface area contributed by atoms with E-state index >= 15 is 0 Å². The normalized spacial score (nSPS) is 13.8. The molecule has 0 aromatic carbocycles. The van der Waals surface area contributed by atoms with E-state index in [1.165, 1.54) is 38.5 Å². The van der Waals surface area contributed by atoms with Crippen LogP contribution in [0.25, 0.3) is 0 Å². The smallest absolute Gasteiger partial charge is 0.0269 e. The van der Waals surface area contributed by atoms with Crippen molar-refractivity contribution < 1.29 is 0 Å². The monoisotopic (exact) mass is 169 g/mol. The summed E-state index contributed by atoms with van der Waals surface area (Å²) in [5, 5.41) is 0. The van der Waals surface area contributed by atoms with Crippen LogP contribution in [-0.4, -0.2) is 0 Å². The van der Waals surface area contributed by atoms with Crippen LogP contribution < -0.4 is 0 Å². The lowest BCUT2D eigenvalue weighted by Crippen LogP contribution is -2.01. The second kappa shape index (κ2) is 7.64. The maximum Gasteiger partial charge on any atom is -0.0269 e. The fraction of sp³-hybridized carbons (Fsp3) is 0.917. The minimum absolute atomic E-state index is 0.913. The van der Waals surface area contributed by atoms with E-state index in [2.05, 4.69) is 27.7 Å². The summed E-state index contributed by atoms with van der Waals surface area (Å²) < 4.78 is 0. The Kier molecular flexibility index (Phi) is 7.64. The van der Waals surface area contributed by atoms with Gasteiger partial charge >= 0.3 is 0 Å². The molecule has 0 amide bonds. The van der Waals surface area contributed by atoms with E-state index in [1.54, 1.807) is 5.92 Å². The third-order valence-electron chi connectivity index (χ3n) is 2.42. The summed E-state index contributed by atoms with van der Waals surface area (Å²) in [6, 6.07) is 0. The molecule has 0 aliphatic heterocycles. The van der Waals surface area contributed by atoms with E-state index in [0.717, 1.165) is 5.92 Å². The molecule has 0 aromatic heterocycles. The Morgan fingerprint density at radius 2 is 1.83 bits per heavy atom. The SMILES string of the molecule is CCCCC(C)C[C](C)CCC. The highest BCUT2D eigenvalue weighted by Crippen LogP contribution is 2.22. The molecule has 12 heavy (non-hydrogen) atoms. The van der Waals surface area contributed by atoms with Crippen molar-refractivity contribution in [3.8, 4) is 0 Å². The van der Waals surface area contributed by atoms with Gasteiger partial charge in [-0.1, -0.05) is 53.4 Å². The van der Waals surface area contributed by atoms with Crippen molar-refractivity contribution in [1.29, 1.82) is 0 Å². The van der Waals surface area contributed by atoms with Gasteiger partial charge in [0.05, 0.1) is 0 Å². The minimum atomic E-state index is 0.913. The molecule has 0 N–H and O–H groups in total. The lowest BCUT2D eigenvalue weighted by molar-refractivity contribution is 0.468. The molecule has 0 aliphatic carbocycles. The largest absolute Gasteiger partial charge is 0.0654 e. The van der Waals surface area contributed by atoms with Crippen LogP contribution in [0.5, 0.6) is 0 Å². The van der Waals surface area contributed by atoms with E-state index in [0.29, 0.717) is 0 Å². The minimum Gasteiger partial charge on any atom is -0.0654 e. The first-order valence-corrected chi connectivity index (χ1v) is 5.52. The van der Waals surface area contributed by atoms with E-state index in [9.17, 15) is 0 Å². The van der Waals surface area contributed by atoms with E-state index in [-0.39, 0.29) is 0 Å². The number of hydrogen-bond donors (Lipinski definition) is 0. The molecule has 0 nitrogen and oxygen atoms in total. The first-order chi connectivity index (χ1) is 5.70. The van der Waals surface area contributed by atoms with Gasteiger partial charge in [0.1, 0.15) is 0 Å². The van der Waals surface area contributed by atoms with Crippen molar-refractivity contribution >= 4 is 0 Å². The molecule has 0 rings (SSSR count). The van der Waals surface area contributed by atoms with Gasteiger partial charge in [0.15, 0.2) is 0 Å². The Bertz CT molecular complexity index is 86.0. The third kappa shape index (κ3) is 6.69. The van der Waals surface area contributed by atoms with E-state index in [1.807, 2.05) is 0 Å². The molecule has 0 fully saturated rings. The van der Waals surface area contributed by atoms with Crippen molar-refractivity contribution in [2.45, 2.75) is 66.2 Å². The lowest BCUT2D eigenvalue weighted by atomic mass is 9.91. The molecule has 0 heteroatoms. The molecule has 0 bridgehead atoms. The van der Waals surface area contributed by atoms with Gasteiger partial charge in [0.25, 0.3) is 0 Å². The summed E-state index contributed by atoms with van der Waals surface area (Å²) >= 11 is 0. The second-order valence-corrected chi connectivity index (χ2v) is 4.16. The first-order valence-electron chi connectivity index (χ1n) is 5.52. The van der Waals surface area contributed by atoms with Crippen LogP contribution in [0, 0.1) is 11.8 Å². The molecular weight excluding hydrogens is 144 g/mol. The van der Waals surface area contributed by atoms with Gasteiger partial charge in [0, 0.05) is 0 Å². The molecule has 0 aliphatic rings. The zero-order chi connectivity index (χ0) is 9.40. The highest BCUT2D eigenvalue weighted by atomic mass is 14.1. The summed E-state index contributed by atoms with van der Waals surface area (Å²) in [5.74, 6) is 2.61. The van der Waals surface area contributed by atoms with Crippen LogP contribution in [0.1, 0.15) is 66.2 Å². The van der Waals surface area contributed by atoms with Crippen LogP contribution >= 0.6 is 0 Å². The highest BCUT2D eigenvalue weighted by Gasteiger charge is 2.07. The Hall–Kier alpha value is 0. The van der Waals surface area contributed by atoms with Gasteiger partial charge in [-0.2, -0.15) is 0 Å². The summed E-state index contributed by atoms with van der Waals surface area (Å²) in [4.78, 5) is 0. The molecule has 0 saturated heterocycles. The predicted octanol–water partition coefficient (Wildman–Crippen LogP) is 4.60. The summed E-state index contributed by atoms with van der Waals surface area (Å²) in [6.07, 6.45) is 8.16. The second-order valence-electron chi connectivity index (χ2n) is 4.16. The highest BCUT2D eigenvalue weighted by molar-refractivity contribution is 4.84. The molecule has 1 atom stereocenters. The van der Waals surface area contributed by atoms with Gasteiger partial charge in [-0.25, -0.2) is 0 Å². The Labute approximate surface area is 78.8 Å². The van der Waals surface area contributed by atoms with Crippen LogP contribution in [0.15, 0.2) is 0 Å². The van der Waals surface area contributed by atoms with Gasteiger partial charge in [0.2, 0.25) is 0 Å². The molecule has 73 valence electrons. The predicted molar refractivity (Wildman–Crippen MR) is 57.1 cm³/mol. The van der Waals surface area contributed by atoms with Crippen molar-refractivity contribution in [2.75, 3.05) is 0 Å². The number of hydrogen-bond acceptors (Lipinski definition) is 0. The number of rotatable bonds is 7. The van der Waals surface area contributed by atoms with E-state index in [4.69, 9.17) is 0 Å². The fourth-order valence-electron chi connectivity index (χ4n) is 1.78. The molecule has 0 aromatic rings. The van der Waals surface area contributed by atoms with Gasteiger partial charge in [-0.05, 0) is 24.7 Å².